The topological polar surface area (TPSA) is 79.1 Å². The monoisotopic (exact) mass is 610 g/mol. The van der Waals surface area contributed by atoms with E-state index in [4.69, 9.17) is 26.1 Å². The maximum atomic E-state index is 13.4. The first-order valence-electron chi connectivity index (χ1n) is 14.1. The van der Waals surface area contributed by atoms with Crippen LogP contribution >= 0.6 is 22.9 Å². The van der Waals surface area contributed by atoms with Crippen molar-refractivity contribution in [1.82, 2.24) is 19.7 Å². The van der Waals surface area contributed by atoms with Gasteiger partial charge in [0.1, 0.15) is 5.01 Å². The van der Waals surface area contributed by atoms with Gasteiger partial charge in [0, 0.05) is 33.3 Å². The number of thiazole rings is 1. The summed E-state index contributed by atoms with van der Waals surface area (Å²) in [4.78, 5) is 23.1. The fraction of sp³-hybridized carbons (Fsp3) is 0.235. The fourth-order valence-electron chi connectivity index (χ4n) is 5.19. The van der Waals surface area contributed by atoms with Crippen LogP contribution < -0.4 is 0 Å². The second-order valence-electron chi connectivity index (χ2n) is 11.2. The molecule has 0 spiro atoms. The van der Waals surface area contributed by atoms with Gasteiger partial charge in [-0.15, -0.1) is 11.3 Å². The van der Waals surface area contributed by atoms with E-state index in [9.17, 15) is 4.79 Å². The predicted octanol–water partition coefficient (Wildman–Crippen LogP) is 8.75. The lowest BCUT2D eigenvalue weighted by Crippen LogP contribution is -2.29. The van der Waals surface area contributed by atoms with Crippen molar-refractivity contribution in [2.45, 2.75) is 46.3 Å². The van der Waals surface area contributed by atoms with Crippen LogP contribution in [0.4, 0.5) is 0 Å². The highest BCUT2D eigenvalue weighted by atomic mass is 35.5. The number of halogens is 1. The Balaban J connectivity index is 1.55. The maximum Gasteiger partial charge on any atom is 0.339 e. The number of hydrogen-bond donors (Lipinski definition) is 0. The molecule has 218 valence electrons. The number of pyridine rings is 1. The van der Waals surface area contributed by atoms with Crippen molar-refractivity contribution in [3.63, 3.8) is 0 Å². The van der Waals surface area contributed by atoms with Gasteiger partial charge < -0.3 is 9.47 Å². The van der Waals surface area contributed by atoms with E-state index in [0.717, 1.165) is 53.9 Å². The first kappa shape index (κ1) is 29.0. The number of esters is 1. The number of rotatable bonds is 7. The number of aromatic nitrogens is 4. The van der Waals surface area contributed by atoms with Crippen LogP contribution in [0.25, 0.3) is 48.6 Å². The van der Waals surface area contributed by atoms with Crippen molar-refractivity contribution in [3.05, 3.63) is 95.3 Å². The van der Waals surface area contributed by atoms with E-state index in [1.54, 1.807) is 24.5 Å². The summed E-state index contributed by atoms with van der Waals surface area (Å²) >= 11 is 7.85. The zero-order valence-corrected chi connectivity index (χ0v) is 26.2. The van der Waals surface area contributed by atoms with Gasteiger partial charge in [-0.1, -0.05) is 41.9 Å². The second-order valence-corrected chi connectivity index (χ2v) is 12.7. The molecular weight excluding hydrogens is 580 g/mol. The Kier molecular flexibility index (Phi) is 7.77. The van der Waals surface area contributed by atoms with Crippen molar-refractivity contribution >= 4 is 50.0 Å². The Labute approximate surface area is 259 Å². The lowest BCUT2D eigenvalue weighted by molar-refractivity contribution is -0.166. The Morgan fingerprint density at radius 3 is 2.56 bits per heavy atom. The number of carbonyl (C=O) groups is 1. The molecule has 7 nitrogen and oxygen atoms in total. The number of carbonyl (C=O) groups excluding carboxylic acids is 1. The molecule has 43 heavy (non-hydrogen) atoms. The van der Waals surface area contributed by atoms with Gasteiger partial charge in [-0.05, 0) is 82.1 Å². The number of nitrogens with zero attached hydrogens (tertiary/aromatic N) is 4. The third kappa shape index (κ3) is 5.78. The van der Waals surface area contributed by atoms with Gasteiger partial charge >= 0.3 is 5.97 Å². The summed E-state index contributed by atoms with van der Waals surface area (Å²) in [5, 5.41) is 7.07. The summed E-state index contributed by atoms with van der Waals surface area (Å²) in [5.74, 6) is 0.277. The second kappa shape index (κ2) is 11.5. The Morgan fingerprint density at radius 2 is 1.81 bits per heavy atom. The van der Waals surface area contributed by atoms with Crippen molar-refractivity contribution in [3.8, 4) is 27.5 Å². The summed E-state index contributed by atoms with van der Waals surface area (Å²) in [6.45, 7) is 9.84. The molecule has 3 heterocycles. The van der Waals surface area contributed by atoms with Crippen molar-refractivity contribution in [2.75, 3.05) is 6.61 Å². The van der Waals surface area contributed by atoms with Gasteiger partial charge in [0.25, 0.3) is 0 Å². The third-order valence-electron chi connectivity index (χ3n) is 6.98. The molecule has 3 aromatic carbocycles. The SMILES string of the molecule is CCOC(=O)[C@@H](OC(C)(C)C)c1c(C)cc2nc(-c3ccnc(-n4ncc5ccccc54)c3)sc2c1-c1ccc(Cl)cc1. The molecule has 0 fully saturated rings. The van der Waals surface area contributed by atoms with Crippen LogP contribution in [0.5, 0.6) is 0 Å². The van der Waals surface area contributed by atoms with E-state index in [0.29, 0.717) is 10.8 Å². The van der Waals surface area contributed by atoms with Crippen LogP contribution in [-0.4, -0.2) is 37.9 Å². The highest BCUT2D eigenvalue weighted by Crippen LogP contribution is 2.44. The van der Waals surface area contributed by atoms with Gasteiger partial charge in [-0.3, -0.25) is 0 Å². The molecule has 6 rings (SSSR count). The average Bonchev–Trinajstić information content (AvgIpc) is 3.60. The fourth-order valence-corrected chi connectivity index (χ4v) is 6.44. The molecule has 9 heteroatoms. The van der Waals surface area contributed by atoms with Crippen LogP contribution in [0.1, 0.15) is 44.9 Å². The molecule has 0 saturated heterocycles. The average molecular weight is 611 g/mol. The first-order valence-corrected chi connectivity index (χ1v) is 15.3. The van der Waals surface area contributed by atoms with E-state index >= 15 is 0 Å². The molecule has 0 aliphatic heterocycles. The van der Waals surface area contributed by atoms with Gasteiger partial charge in [-0.2, -0.15) is 5.10 Å². The van der Waals surface area contributed by atoms with Crippen molar-refractivity contribution in [1.29, 1.82) is 0 Å². The van der Waals surface area contributed by atoms with Crippen LogP contribution in [0, 0.1) is 6.92 Å². The molecular formula is C34H31ClN4O3S. The quantitative estimate of drug-likeness (QED) is 0.168. The Bertz CT molecular complexity index is 1960. The largest absolute Gasteiger partial charge is 0.464 e. The molecule has 0 unspecified atom stereocenters. The summed E-state index contributed by atoms with van der Waals surface area (Å²) in [6, 6.07) is 21.6. The van der Waals surface area contributed by atoms with Crippen molar-refractivity contribution < 1.29 is 14.3 Å². The summed E-state index contributed by atoms with van der Waals surface area (Å²) in [6.07, 6.45) is 2.68. The number of fused-ring (bicyclic) bond motifs is 2. The van der Waals surface area contributed by atoms with Crippen molar-refractivity contribution in [2.24, 2.45) is 0 Å². The summed E-state index contributed by atoms with van der Waals surface area (Å²) in [5.41, 5.74) is 5.56. The highest BCUT2D eigenvalue weighted by Gasteiger charge is 2.33. The zero-order valence-electron chi connectivity index (χ0n) is 24.6. The molecule has 0 aliphatic carbocycles. The Morgan fingerprint density at radius 1 is 1.05 bits per heavy atom. The molecule has 0 radical (unpaired) electrons. The minimum absolute atomic E-state index is 0.251. The highest BCUT2D eigenvalue weighted by molar-refractivity contribution is 7.22. The molecule has 3 aromatic heterocycles. The standard InChI is InChI=1S/C34H31ClN4O3S/c1-6-41-33(40)30(42-34(3,4)5)28-20(2)17-25-31(29(28)21-11-13-24(35)14-12-21)43-32(38-25)22-15-16-36-27(18-22)39-26-10-8-7-9-23(26)19-37-39/h7-19,30H,6H2,1-5H3/t30-/m0/s1. The van der Waals surface area contributed by atoms with Crippen LogP contribution in [0.15, 0.2) is 79.1 Å². The molecule has 1 atom stereocenters. The van der Waals surface area contributed by atoms with E-state index in [1.807, 2.05) is 105 Å². The molecule has 0 amide bonds. The van der Waals surface area contributed by atoms with E-state index in [1.165, 1.54) is 0 Å². The lowest BCUT2D eigenvalue weighted by atomic mass is 9.91. The van der Waals surface area contributed by atoms with E-state index in [2.05, 4.69) is 10.1 Å². The third-order valence-corrected chi connectivity index (χ3v) is 8.37. The zero-order chi connectivity index (χ0) is 30.3. The van der Waals surface area contributed by atoms with Gasteiger partial charge in [0.2, 0.25) is 0 Å². The normalized spacial score (nSPS) is 12.6. The van der Waals surface area contributed by atoms with E-state index < -0.39 is 17.7 Å². The maximum absolute atomic E-state index is 13.4. The minimum atomic E-state index is -0.929. The smallest absolute Gasteiger partial charge is 0.339 e. The number of aryl methyl sites for hydroxylation is 1. The number of hydrogen-bond acceptors (Lipinski definition) is 7. The van der Waals surface area contributed by atoms with Crippen LogP contribution in [-0.2, 0) is 14.3 Å². The predicted molar refractivity (Wildman–Crippen MR) is 173 cm³/mol. The first-order chi connectivity index (χ1) is 20.6. The number of benzene rings is 3. The van der Waals surface area contributed by atoms with Gasteiger partial charge in [0.05, 0.1) is 34.1 Å². The van der Waals surface area contributed by atoms with Gasteiger partial charge in [0.15, 0.2) is 11.9 Å². The molecule has 0 bridgehead atoms. The van der Waals surface area contributed by atoms with Crippen LogP contribution in [0.2, 0.25) is 5.02 Å². The Hall–Kier alpha value is -4.11. The molecule has 0 aliphatic rings. The number of ether oxygens (including phenoxy) is 2. The molecule has 0 N–H and O–H groups in total. The molecule has 6 aromatic rings. The van der Waals surface area contributed by atoms with Gasteiger partial charge in [-0.25, -0.2) is 19.4 Å². The lowest BCUT2D eigenvalue weighted by Gasteiger charge is -2.29. The number of para-hydroxylation sites is 1. The van der Waals surface area contributed by atoms with E-state index in [-0.39, 0.29) is 6.61 Å². The van der Waals surface area contributed by atoms with Crippen LogP contribution in [0.3, 0.4) is 0 Å². The summed E-state index contributed by atoms with van der Waals surface area (Å²) < 4.78 is 14.7. The summed E-state index contributed by atoms with van der Waals surface area (Å²) in [7, 11) is 0. The molecule has 0 saturated carbocycles. The minimum Gasteiger partial charge on any atom is -0.464 e.